The Morgan fingerprint density at radius 2 is 1.78 bits per heavy atom. The summed E-state index contributed by atoms with van der Waals surface area (Å²) >= 11 is 9.85. The van der Waals surface area contributed by atoms with Gasteiger partial charge in [-0.25, -0.2) is 14.1 Å². The van der Waals surface area contributed by atoms with Gasteiger partial charge in [0.15, 0.2) is 17.2 Å². The Kier molecular flexibility index (Phi) is 12.6. The molecule has 4 aromatic rings. The summed E-state index contributed by atoms with van der Waals surface area (Å²) in [5.74, 6) is 3.02. The van der Waals surface area contributed by atoms with E-state index in [4.69, 9.17) is 28.6 Å². The van der Waals surface area contributed by atoms with Crippen LogP contribution in [0.15, 0.2) is 44.2 Å². The van der Waals surface area contributed by atoms with Crippen molar-refractivity contribution < 1.29 is 28.3 Å². The van der Waals surface area contributed by atoms with E-state index >= 15 is 0 Å². The van der Waals surface area contributed by atoms with Crippen LogP contribution in [0.3, 0.4) is 0 Å². The Labute approximate surface area is 298 Å². The number of ether oxygens (including phenoxy) is 4. The first-order valence-electron chi connectivity index (χ1n) is 13.9. The summed E-state index contributed by atoms with van der Waals surface area (Å²) < 4.78 is 34.4. The van der Waals surface area contributed by atoms with Crippen molar-refractivity contribution in [3.05, 3.63) is 40.5 Å². The summed E-state index contributed by atoms with van der Waals surface area (Å²) in [5.41, 5.74) is 1.24. The van der Waals surface area contributed by atoms with Crippen LogP contribution in [0.25, 0.3) is 11.0 Å². The van der Waals surface area contributed by atoms with Crippen LogP contribution >= 0.6 is 56.3 Å². The van der Waals surface area contributed by atoms with Gasteiger partial charge < -0.3 is 28.2 Å². The number of aromatic nitrogens is 3. The number of carbonyl (C=O) groups is 1. The third-order valence-corrected chi connectivity index (χ3v) is 9.54. The largest absolute Gasteiger partial charge is 0.495 e. The maximum Gasteiger partial charge on any atom is 0.420 e. The van der Waals surface area contributed by atoms with Crippen LogP contribution in [0.2, 0.25) is 5.32 Å². The predicted molar refractivity (Wildman–Crippen MR) is 194 cm³/mol. The molecule has 5 rings (SSSR count). The second-order valence-electron chi connectivity index (χ2n) is 10.7. The fourth-order valence-corrected chi connectivity index (χ4v) is 7.16. The van der Waals surface area contributed by atoms with E-state index in [0.717, 1.165) is 33.2 Å². The van der Waals surface area contributed by atoms with Gasteiger partial charge in [-0.3, -0.25) is 0 Å². The number of anilines is 3. The fraction of sp³-hybridized carbons (Fsp3) is 0.414. The Morgan fingerprint density at radius 3 is 2.31 bits per heavy atom. The number of amides is 1. The Morgan fingerprint density at radius 1 is 1.16 bits per heavy atom. The Hall–Kier alpha value is -1.90. The first-order valence-corrected chi connectivity index (χ1v) is 20.8. The molecule has 0 aliphatic heterocycles. The van der Waals surface area contributed by atoms with E-state index < -0.39 is 11.7 Å². The summed E-state index contributed by atoms with van der Waals surface area (Å²) in [6.07, 6.45) is 2.03. The molecule has 1 fully saturated rings. The van der Waals surface area contributed by atoms with Gasteiger partial charge in [0.2, 0.25) is 0 Å². The standard InChI is InChI=1S/C27H30BrIN5O6PS.C2H5Se/c1-27(2,3)39-26(35)33(23-13-17(14-7-8-14)34(30-23)41-29)18-12-19-16(11-20(18)36-4)25(31-40-19)32-42-24-21(37-5)9-15(28)10-22(24)38-6;1-2-3/h9-14,41H,7-8H2,1-6H3,(H,31,32);2H2,1H3. The molecule has 16 heteroatoms. The molecule has 1 atom stereocenters. The average Bonchev–Trinajstić information content (AvgIpc) is 3.64. The molecule has 1 unspecified atom stereocenters. The number of methoxy groups -OCH3 is 3. The molecule has 11 nitrogen and oxygen atoms in total. The van der Waals surface area contributed by atoms with Gasteiger partial charge >= 0.3 is 34.3 Å². The molecule has 0 spiro atoms. The Bertz CT molecular complexity index is 1620. The van der Waals surface area contributed by atoms with Crippen molar-refractivity contribution in [3.63, 3.8) is 0 Å². The van der Waals surface area contributed by atoms with E-state index in [0.29, 0.717) is 57.8 Å². The van der Waals surface area contributed by atoms with Gasteiger partial charge in [-0.1, -0.05) is 21.1 Å². The molecule has 1 N–H and O–H groups in total. The van der Waals surface area contributed by atoms with E-state index in [-0.39, 0.29) is 0 Å². The molecule has 2 aromatic heterocycles. The molecule has 1 radical (unpaired) electrons. The van der Waals surface area contributed by atoms with Crippen molar-refractivity contribution in [2.75, 3.05) is 31.0 Å². The number of nitrogens with zero attached hydrogens (tertiary/aromatic N) is 4. The Balaban J connectivity index is 0.00000148. The zero-order chi connectivity index (χ0) is 32.9. The van der Waals surface area contributed by atoms with Gasteiger partial charge in [-0.05, 0) is 85.8 Å². The summed E-state index contributed by atoms with van der Waals surface area (Å²) in [7, 11) is 4.73. The van der Waals surface area contributed by atoms with Crippen LogP contribution in [0.1, 0.15) is 52.1 Å². The van der Waals surface area contributed by atoms with Gasteiger partial charge in [-0.2, -0.15) is 5.10 Å². The van der Waals surface area contributed by atoms with Gasteiger partial charge in [0.1, 0.15) is 27.7 Å². The third-order valence-electron chi connectivity index (χ3n) is 6.29. The van der Waals surface area contributed by atoms with Crippen LogP contribution in [0.5, 0.6) is 17.2 Å². The van der Waals surface area contributed by atoms with Crippen molar-refractivity contribution in [3.8, 4) is 17.2 Å². The average molecular weight is 898 g/mol. The number of halogens is 2. The minimum atomic E-state index is -0.727. The SMILES string of the molecule is CC[Se].COc1cc2c(NSc3c(OC)cc(Br)cc3OC)noc2cc1N(C(=O)OC(C)(C)C)c1cc(C2CC2)n(PI)n1. The summed E-state index contributed by atoms with van der Waals surface area (Å²) in [4.78, 5) is 15.8. The number of fused-ring (bicyclic) bond motifs is 1. The molecule has 2 aromatic carbocycles. The zero-order valence-electron chi connectivity index (χ0n) is 25.9. The predicted octanol–water partition coefficient (Wildman–Crippen LogP) is 9.27. The second kappa shape index (κ2) is 15.8. The summed E-state index contributed by atoms with van der Waals surface area (Å²) in [5, 5.41) is 10.8. The number of hydrogen-bond acceptors (Lipinski definition) is 10. The first-order chi connectivity index (χ1) is 21.5. The zero-order valence-corrected chi connectivity index (χ0v) is 33.2. The van der Waals surface area contributed by atoms with Crippen molar-refractivity contribution >= 4 is 107 Å². The smallest absolute Gasteiger partial charge is 0.420 e. The van der Waals surface area contributed by atoms with E-state index in [2.05, 4.69) is 70.8 Å². The van der Waals surface area contributed by atoms with Crippen LogP contribution in [-0.4, -0.2) is 63.7 Å². The number of rotatable bonds is 10. The minimum absolute atomic E-state index is 0.392. The van der Waals surface area contributed by atoms with Crippen molar-refractivity contribution in [2.24, 2.45) is 0 Å². The van der Waals surface area contributed by atoms with E-state index in [1.807, 2.05) is 43.4 Å². The van der Waals surface area contributed by atoms with Crippen LogP contribution in [0.4, 0.5) is 22.1 Å². The maximum absolute atomic E-state index is 13.7. The molecule has 0 saturated heterocycles. The van der Waals surface area contributed by atoms with Gasteiger partial charge in [0.25, 0.3) is 0 Å². The molecule has 1 aliphatic rings. The molecular weight excluding hydrogens is 863 g/mol. The molecule has 243 valence electrons. The quantitative estimate of drug-likeness (QED) is 0.0716. The number of hydrogen-bond donors (Lipinski definition) is 1. The third kappa shape index (κ3) is 8.72. The summed E-state index contributed by atoms with van der Waals surface area (Å²) in [6.45, 7) is 7.54. The van der Waals surface area contributed by atoms with Gasteiger partial charge in [0.05, 0.1) is 38.8 Å². The van der Waals surface area contributed by atoms with Crippen LogP contribution < -0.4 is 23.8 Å². The first kappa shape index (κ1) is 35.9. The van der Waals surface area contributed by atoms with Gasteiger partial charge in [0, 0.05) is 28.2 Å². The monoisotopic (exact) mass is 898 g/mol. The molecule has 1 aliphatic carbocycles. The van der Waals surface area contributed by atoms with Crippen molar-refractivity contribution in [1.29, 1.82) is 0 Å². The number of benzene rings is 2. The molecule has 1 saturated carbocycles. The normalized spacial score (nSPS) is 13.0. The molecular formula is C29H35BrIN5O6PSSe. The van der Waals surface area contributed by atoms with E-state index in [1.54, 1.807) is 33.5 Å². The second-order valence-corrected chi connectivity index (χ2v) is 15.7. The summed E-state index contributed by atoms with van der Waals surface area (Å²) in [6, 6.07) is 9.14. The van der Waals surface area contributed by atoms with E-state index in [9.17, 15) is 4.79 Å². The molecule has 45 heavy (non-hydrogen) atoms. The number of carbonyl (C=O) groups excluding carboxylic acids is 1. The maximum atomic E-state index is 13.7. The van der Waals surface area contributed by atoms with E-state index in [1.165, 1.54) is 16.8 Å². The minimum Gasteiger partial charge on any atom is -0.495 e. The van der Waals surface area contributed by atoms with Gasteiger partial charge in [-0.15, -0.1) is 0 Å². The molecule has 1 amide bonds. The van der Waals surface area contributed by atoms with Crippen LogP contribution in [-0.2, 0) is 4.74 Å². The van der Waals surface area contributed by atoms with Crippen LogP contribution in [0, 0.1) is 0 Å². The molecule has 0 bridgehead atoms. The van der Waals surface area contributed by atoms with Crippen molar-refractivity contribution in [1.82, 2.24) is 14.7 Å². The number of nitrogens with one attached hydrogen (secondary N) is 1. The fourth-order valence-electron chi connectivity index (χ4n) is 4.27. The topological polar surface area (TPSA) is 113 Å². The molecule has 2 heterocycles. The van der Waals surface area contributed by atoms with Crippen molar-refractivity contribution in [2.45, 2.75) is 62.3 Å².